The number of nitrogens with zero attached hydrogens (tertiary/aromatic N) is 2. The van der Waals surface area contributed by atoms with Crippen LogP contribution in [-0.4, -0.2) is 50.1 Å². The standard InChI is InChI=1S/C21H24Cl3N3O/c22-17-8-6-16(7-9-17)21(28)25-10-1-2-11-26-12-14-27(15-13-26)19-5-3-4-18(23)20(19)24/h3-9H,1-2,10-15H2,(H,25,28). The van der Waals surface area contributed by atoms with Gasteiger partial charge in [-0.25, -0.2) is 0 Å². The second kappa shape index (κ2) is 10.4. The highest BCUT2D eigenvalue weighted by atomic mass is 35.5. The van der Waals surface area contributed by atoms with Crippen molar-refractivity contribution in [1.29, 1.82) is 0 Å². The molecule has 0 atom stereocenters. The quantitative estimate of drug-likeness (QED) is 0.617. The number of carbonyl (C=O) groups excluding carboxylic acids is 1. The van der Waals surface area contributed by atoms with Gasteiger partial charge in [0.1, 0.15) is 0 Å². The monoisotopic (exact) mass is 439 g/mol. The predicted molar refractivity (Wildman–Crippen MR) is 118 cm³/mol. The Balaban J connectivity index is 1.33. The minimum Gasteiger partial charge on any atom is -0.368 e. The fraction of sp³-hybridized carbons (Fsp3) is 0.381. The van der Waals surface area contributed by atoms with Crippen molar-refractivity contribution in [2.24, 2.45) is 0 Å². The molecule has 2 aromatic rings. The zero-order valence-electron chi connectivity index (χ0n) is 15.6. The molecule has 150 valence electrons. The Kier molecular flexibility index (Phi) is 7.86. The molecule has 0 spiro atoms. The van der Waals surface area contributed by atoms with Crippen LogP contribution in [0.4, 0.5) is 5.69 Å². The fourth-order valence-electron chi connectivity index (χ4n) is 3.31. The molecule has 1 fully saturated rings. The van der Waals surface area contributed by atoms with Gasteiger partial charge in [0, 0.05) is 43.3 Å². The number of carbonyl (C=O) groups is 1. The molecule has 1 heterocycles. The number of amides is 1. The van der Waals surface area contributed by atoms with Crippen LogP contribution in [0.2, 0.25) is 15.1 Å². The van der Waals surface area contributed by atoms with Crippen LogP contribution in [0.5, 0.6) is 0 Å². The summed E-state index contributed by atoms with van der Waals surface area (Å²) in [6.07, 6.45) is 2.01. The van der Waals surface area contributed by atoms with Crippen molar-refractivity contribution in [2.75, 3.05) is 44.2 Å². The van der Waals surface area contributed by atoms with Crippen LogP contribution in [0.15, 0.2) is 42.5 Å². The molecule has 1 aliphatic rings. The van der Waals surface area contributed by atoms with Gasteiger partial charge in [0.05, 0.1) is 15.7 Å². The van der Waals surface area contributed by atoms with E-state index in [4.69, 9.17) is 34.8 Å². The summed E-state index contributed by atoms with van der Waals surface area (Å²) < 4.78 is 0. The van der Waals surface area contributed by atoms with Crippen LogP contribution in [-0.2, 0) is 0 Å². The van der Waals surface area contributed by atoms with Crippen molar-refractivity contribution >= 4 is 46.4 Å². The Hall–Kier alpha value is -1.46. The number of piperazine rings is 1. The molecule has 3 rings (SSSR count). The van der Waals surface area contributed by atoms with E-state index < -0.39 is 0 Å². The molecule has 1 amide bonds. The normalized spacial score (nSPS) is 14.9. The van der Waals surface area contributed by atoms with Crippen LogP contribution in [0, 0.1) is 0 Å². The first-order valence-corrected chi connectivity index (χ1v) is 10.6. The summed E-state index contributed by atoms with van der Waals surface area (Å²) in [4.78, 5) is 16.8. The van der Waals surface area contributed by atoms with Gasteiger partial charge in [-0.15, -0.1) is 0 Å². The summed E-state index contributed by atoms with van der Waals surface area (Å²) in [6, 6.07) is 12.7. The molecule has 4 nitrogen and oxygen atoms in total. The smallest absolute Gasteiger partial charge is 0.251 e. The van der Waals surface area contributed by atoms with E-state index in [-0.39, 0.29) is 5.91 Å². The third kappa shape index (κ3) is 5.77. The second-order valence-electron chi connectivity index (χ2n) is 6.87. The Morgan fingerprint density at radius 3 is 2.36 bits per heavy atom. The molecule has 0 radical (unpaired) electrons. The summed E-state index contributed by atoms with van der Waals surface area (Å²) in [5.41, 5.74) is 1.65. The number of hydrogen-bond acceptors (Lipinski definition) is 3. The summed E-state index contributed by atoms with van der Waals surface area (Å²) in [5, 5.41) is 4.83. The molecule has 1 aliphatic heterocycles. The molecule has 0 aliphatic carbocycles. The molecule has 0 unspecified atom stereocenters. The van der Waals surface area contributed by atoms with E-state index >= 15 is 0 Å². The molecule has 1 N–H and O–H groups in total. The molecule has 1 saturated heterocycles. The summed E-state index contributed by atoms with van der Waals surface area (Å²) in [7, 11) is 0. The average molecular weight is 441 g/mol. The maximum atomic E-state index is 12.1. The van der Waals surface area contributed by atoms with Crippen molar-refractivity contribution < 1.29 is 4.79 Å². The fourth-order valence-corrected chi connectivity index (χ4v) is 3.86. The largest absolute Gasteiger partial charge is 0.368 e. The number of hydrogen-bond donors (Lipinski definition) is 1. The first-order chi connectivity index (χ1) is 13.5. The van der Waals surface area contributed by atoms with Gasteiger partial charge < -0.3 is 10.2 Å². The van der Waals surface area contributed by atoms with Gasteiger partial charge in [-0.3, -0.25) is 9.69 Å². The van der Waals surface area contributed by atoms with Gasteiger partial charge >= 0.3 is 0 Å². The first-order valence-electron chi connectivity index (χ1n) is 9.49. The summed E-state index contributed by atoms with van der Waals surface area (Å²) in [6.45, 7) is 5.59. The Bertz CT molecular complexity index is 790. The SMILES string of the molecule is O=C(NCCCCN1CCN(c2cccc(Cl)c2Cl)CC1)c1ccc(Cl)cc1. The number of halogens is 3. The molecule has 7 heteroatoms. The summed E-state index contributed by atoms with van der Waals surface area (Å²) in [5.74, 6) is -0.0521. The van der Waals surface area contributed by atoms with E-state index in [0.717, 1.165) is 51.3 Å². The lowest BCUT2D eigenvalue weighted by molar-refractivity contribution is 0.0952. The highest BCUT2D eigenvalue weighted by molar-refractivity contribution is 6.43. The number of nitrogens with one attached hydrogen (secondary N) is 1. The number of benzene rings is 2. The minimum absolute atomic E-state index is 0.0521. The van der Waals surface area contributed by atoms with E-state index in [0.29, 0.717) is 27.2 Å². The molecule has 0 saturated carbocycles. The molecule has 0 bridgehead atoms. The maximum absolute atomic E-state index is 12.1. The molecule has 2 aromatic carbocycles. The number of unbranched alkanes of at least 4 members (excludes halogenated alkanes) is 1. The van der Waals surface area contributed by atoms with Crippen LogP contribution in [0.3, 0.4) is 0 Å². The molecule has 0 aromatic heterocycles. The Morgan fingerprint density at radius 1 is 0.929 bits per heavy atom. The predicted octanol–water partition coefficient (Wildman–Crippen LogP) is 4.98. The summed E-state index contributed by atoms with van der Waals surface area (Å²) >= 11 is 18.3. The average Bonchev–Trinajstić information content (AvgIpc) is 2.71. The third-order valence-corrected chi connectivity index (χ3v) is 6.00. The van der Waals surface area contributed by atoms with Crippen LogP contribution in [0.1, 0.15) is 23.2 Å². The lowest BCUT2D eigenvalue weighted by atomic mass is 10.2. The van der Waals surface area contributed by atoms with Crippen molar-refractivity contribution in [3.63, 3.8) is 0 Å². The molecule has 28 heavy (non-hydrogen) atoms. The Morgan fingerprint density at radius 2 is 1.64 bits per heavy atom. The zero-order valence-corrected chi connectivity index (χ0v) is 17.9. The van der Waals surface area contributed by atoms with E-state index in [2.05, 4.69) is 15.1 Å². The topological polar surface area (TPSA) is 35.6 Å². The lowest BCUT2D eigenvalue weighted by Gasteiger charge is -2.36. The minimum atomic E-state index is -0.0521. The van der Waals surface area contributed by atoms with Crippen molar-refractivity contribution in [3.05, 3.63) is 63.1 Å². The lowest BCUT2D eigenvalue weighted by Crippen LogP contribution is -2.46. The van der Waals surface area contributed by atoms with E-state index in [1.54, 1.807) is 24.3 Å². The highest BCUT2D eigenvalue weighted by Crippen LogP contribution is 2.32. The van der Waals surface area contributed by atoms with E-state index in [1.807, 2.05) is 18.2 Å². The van der Waals surface area contributed by atoms with Gasteiger partial charge in [-0.05, 0) is 55.8 Å². The van der Waals surface area contributed by atoms with Gasteiger partial charge in [0.15, 0.2) is 0 Å². The van der Waals surface area contributed by atoms with Crippen LogP contribution < -0.4 is 10.2 Å². The van der Waals surface area contributed by atoms with Crippen molar-refractivity contribution in [1.82, 2.24) is 10.2 Å². The van der Waals surface area contributed by atoms with E-state index in [9.17, 15) is 4.79 Å². The number of anilines is 1. The van der Waals surface area contributed by atoms with Crippen molar-refractivity contribution in [2.45, 2.75) is 12.8 Å². The maximum Gasteiger partial charge on any atom is 0.251 e. The molecular formula is C21H24Cl3N3O. The highest BCUT2D eigenvalue weighted by Gasteiger charge is 2.19. The molecular weight excluding hydrogens is 417 g/mol. The van der Waals surface area contributed by atoms with Crippen molar-refractivity contribution in [3.8, 4) is 0 Å². The zero-order chi connectivity index (χ0) is 19.9. The third-order valence-electron chi connectivity index (χ3n) is 4.94. The number of rotatable bonds is 7. The Labute approximate surface area is 181 Å². The van der Waals surface area contributed by atoms with Crippen LogP contribution in [0.25, 0.3) is 0 Å². The van der Waals surface area contributed by atoms with Gasteiger partial charge in [0.25, 0.3) is 5.91 Å². The van der Waals surface area contributed by atoms with Gasteiger partial charge in [-0.1, -0.05) is 40.9 Å². The second-order valence-corrected chi connectivity index (χ2v) is 8.09. The van der Waals surface area contributed by atoms with Gasteiger partial charge in [0.2, 0.25) is 0 Å². The first kappa shape index (κ1) is 21.3. The van der Waals surface area contributed by atoms with Crippen LogP contribution >= 0.6 is 34.8 Å². The van der Waals surface area contributed by atoms with E-state index in [1.165, 1.54) is 0 Å². The van der Waals surface area contributed by atoms with Gasteiger partial charge in [-0.2, -0.15) is 0 Å².